The highest BCUT2D eigenvalue weighted by Crippen LogP contribution is 2.62. The molecule has 0 aromatic carbocycles. The summed E-state index contributed by atoms with van der Waals surface area (Å²) in [6.07, 6.45) is 12.0. The molecule has 2 heteroatoms. The number of hydrogen-bond donors (Lipinski definition) is 0. The minimum Gasteiger partial charge on any atom is -0.306 e. The van der Waals surface area contributed by atoms with Crippen molar-refractivity contribution in [1.82, 2.24) is 4.90 Å². The van der Waals surface area contributed by atoms with Crippen molar-refractivity contribution < 1.29 is 0 Å². The van der Waals surface area contributed by atoms with Gasteiger partial charge in [0.05, 0.1) is 0 Å². The van der Waals surface area contributed by atoms with E-state index < -0.39 is 0 Å². The molecule has 0 heterocycles. The highest BCUT2D eigenvalue weighted by Gasteiger charge is 2.54. The van der Waals surface area contributed by atoms with Gasteiger partial charge in [0.15, 0.2) is 0 Å². The van der Waals surface area contributed by atoms with E-state index in [1.165, 1.54) is 12.6 Å². The third-order valence-corrected chi connectivity index (χ3v) is 6.19. The summed E-state index contributed by atoms with van der Waals surface area (Å²) in [6.45, 7) is 0. The molecular weight excluding hydrogens is 225 g/mol. The summed E-state index contributed by atoms with van der Waals surface area (Å²) >= 11 is 0. The summed E-state index contributed by atoms with van der Waals surface area (Å²) in [5.41, 5.74) is 0.703. The van der Waals surface area contributed by atoms with Crippen LogP contribution in [0.4, 0.5) is 0 Å². The van der Waals surface area contributed by atoms with Crippen molar-refractivity contribution in [3.8, 4) is 0 Å². The molecule has 0 N–H and O–H groups in total. The highest BCUT2D eigenvalue weighted by atomic mass is 31.0. The van der Waals surface area contributed by atoms with Crippen molar-refractivity contribution in [3.05, 3.63) is 0 Å². The fraction of sp³-hybridized carbons (Fsp3) is 1.00. The van der Waals surface area contributed by atoms with E-state index in [9.17, 15) is 0 Å². The predicted octanol–water partition coefficient (Wildman–Crippen LogP) is 3.40. The van der Waals surface area contributed by atoms with E-state index >= 15 is 0 Å². The van der Waals surface area contributed by atoms with E-state index in [1.807, 2.05) is 0 Å². The van der Waals surface area contributed by atoms with Gasteiger partial charge in [-0.15, -0.1) is 9.24 Å². The van der Waals surface area contributed by atoms with Gasteiger partial charge in [-0.1, -0.05) is 0 Å². The Morgan fingerprint density at radius 2 is 1.53 bits per heavy atom. The second-order valence-electron chi connectivity index (χ2n) is 7.34. The fourth-order valence-electron chi connectivity index (χ4n) is 5.86. The number of rotatable bonds is 4. The van der Waals surface area contributed by atoms with Crippen LogP contribution in [-0.2, 0) is 0 Å². The first-order valence-electron chi connectivity index (χ1n) is 7.49. The van der Waals surface area contributed by atoms with Crippen LogP contribution in [0.1, 0.15) is 44.9 Å². The zero-order chi connectivity index (χ0) is 12.0. The van der Waals surface area contributed by atoms with Crippen LogP contribution in [0.15, 0.2) is 0 Å². The number of nitrogens with zero attached hydrogens (tertiary/aromatic N) is 1. The Kier molecular flexibility index (Phi) is 3.28. The van der Waals surface area contributed by atoms with Gasteiger partial charge in [0.25, 0.3) is 0 Å². The second kappa shape index (κ2) is 4.49. The summed E-state index contributed by atoms with van der Waals surface area (Å²) in [6, 6.07) is 0.841. The van der Waals surface area contributed by atoms with Gasteiger partial charge >= 0.3 is 0 Å². The van der Waals surface area contributed by atoms with E-state index in [2.05, 4.69) is 28.2 Å². The normalized spacial score (nSPS) is 45.5. The standard InChI is InChI=1S/C15H28NP/c1-16(2)14(3-4-17)15-8-11-5-12(9-15)7-13(6-11)10-15/h11-14H,3-10,17H2,1-2H3. The van der Waals surface area contributed by atoms with Crippen molar-refractivity contribution in [1.29, 1.82) is 0 Å². The van der Waals surface area contributed by atoms with E-state index in [1.54, 1.807) is 38.5 Å². The largest absolute Gasteiger partial charge is 0.306 e. The molecule has 1 nitrogen and oxygen atoms in total. The smallest absolute Gasteiger partial charge is 0.0149 e. The van der Waals surface area contributed by atoms with Gasteiger partial charge in [0.2, 0.25) is 0 Å². The molecule has 0 amide bonds. The molecule has 0 saturated heterocycles. The van der Waals surface area contributed by atoms with Crippen LogP contribution in [0.25, 0.3) is 0 Å². The average molecular weight is 253 g/mol. The minimum absolute atomic E-state index is 0.703. The zero-order valence-electron chi connectivity index (χ0n) is 11.5. The molecule has 17 heavy (non-hydrogen) atoms. The molecule has 4 saturated carbocycles. The first kappa shape index (κ1) is 12.4. The molecule has 4 aliphatic rings. The maximum absolute atomic E-state index is 2.94. The molecule has 0 spiro atoms. The van der Waals surface area contributed by atoms with E-state index in [4.69, 9.17) is 0 Å². The maximum atomic E-state index is 2.94. The zero-order valence-corrected chi connectivity index (χ0v) is 12.6. The summed E-state index contributed by atoms with van der Waals surface area (Å²) in [7, 11) is 7.56. The summed E-state index contributed by atoms with van der Waals surface area (Å²) in [5, 5.41) is 0. The monoisotopic (exact) mass is 253 g/mol. The van der Waals surface area contributed by atoms with Gasteiger partial charge in [-0.05, 0) is 88.4 Å². The van der Waals surface area contributed by atoms with E-state index in [-0.39, 0.29) is 0 Å². The highest BCUT2D eigenvalue weighted by molar-refractivity contribution is 7.16. The van der Waals surface area contributed by atoms with Crippen LogP contribution in [0, 0.1) is 23.2 Å². The van der Waals surface area contributed by atoms with Gasteiger partial charge in [0, 0.05) is 6.04 Å². The molecule has 98 valence electrons. The van der Waals surface area contributed by atoms with Crippen LogP contribution in [0.5, 0.6) is 0 Å². The Morgan fingerprint density at radius 1 is 1.06 bits per heavy atom. The lowest BCUT2D eigenvalue weighted by Gasteiger charge is -2.60. The second-order valence-corrected chi connectivity index (χ2v) is 7.91. The van der Waals surface area contributed by atoms with Crippen molar-refractivity contribution >= 4 is 9.24 Å². The third-order valence-electron chi connectivity index (χ3n) is 5.86. The molecule has 0 aromatic heterocycles. The topological polar surface area (TPSA) is 3.24 Å². The van der Waals surface area contributed by atoms with Gasteiger partial charge < -0.3 is 4.90 Å². The van der Waals surface area contributed by atoms with Gasteiger partial charge in [0.1, 0.15) is 0 Å². The van der Waals surface area contributed by atoms with Crippen LogP contribution < -0.4 is 0 Å². The van der Waals surface area contributed by atoms with Crippen molar-refractivity contribution in [2.45, 2.75) is 51.0 Å². The molecular formula is C15H28NP. The molecule has 0 aromatic rings. The number of hydrogen-bond acceptors (Lipinski definition) is 1. The molecule has 2 unspecified atom stereocenters. The first-order chi connectivity index (χ1) is 8.13. The summed E-state index contributed by atoms with van der Waals surface area (Å²) in [4.78, 5) is 2.54. The van der Waals surface area contributed by atoms with E-state index in [0.29, 0.717) is 5.41 Å². The Morgan fingerprint density at radius 3 is 1.88 bits per heavy atom. The lowest BCUT2D eigenvalue weighted by atomic mass is 9.47. The Balaban J connectivity index is 1.84. The van der Waals surface area contributed by atoms with Gasteiger partial charge in [-0.25, -0.2) is 0 Å². The van der Waals surface area contributed by atoms with Crippen LogP contribution in [-0.4, -0.2) is 31.2 Å². The molecule has 4 aliphatic carbocycles. The molecule has 4 rings (SSSR count). The first-order valence-corrected chi connectivity index (χ1v) is 8.31. The molecule has 4 bridgehead atoms. The van der Waals surface area contributed by atoms with Crippen LogP contribution >= 0.6 is 9.24 Å². The predicted molar refractivity (Wildman–Crippen MR) is 77.3 cm³/mol. The van der Waals surface area contributed by atoms with Gasteiger partial charge in [-0.2, -0.15) is 0 Å². The molecule has 4 fully saturated rings. The summed E-state index contributed by atoms with van der Waals surface area (Å²) in [5.74, 6) is 3.27. The molecule has 2 atom stereocenters. The Bertz CT molecular complexity index is 251. The fourth-order valence-corrected chi connectivity index (χ4v) is 6.17. The van der Waals surface area contributed by atoms with Crippen LogP contribution in [0.3, 0.4) is 0 Å². The summed E-state index contributed by atoms with van der Waals surface area (Å²) < 4.78 is 0. The maximum Gasteiger partial charge on any atom is 0.0149 e. The van der Waals surface area contributed by atoms with Crippen LogP contribution in [0.2, 0.25) is 0 Å². The average Bonchev–Trinajstić information content (AvgIpc) is 2.23. The lowest BCUT2D eigenvalue weighted by molar-refractivity contribution is -0.0938. The lowest BCUT2D eigenvalue weighted by Crippen LogP contribution is -2.55. The van der Waals surface area contributed by atoms with Crippen molar-refractivity contribution in [2.24, 2.45) is 23.2 Å². The van der Waals surface area contributed by atoms with Gasteiger partial charge in [-0.3, -0.25) is 0 Å². The third kappa shape index (κ3) is 2.08. The Hall–Kier alpha value is 0.390. The molecule has 0 aliphatic heterocycles. The Labute approximate surface area is 109 Å². The molecule has 0 radical (unpaired) electrons. The van der Waals surface area contributed by atoms with Crippen molar-refractivity contribution in [2.75, 3.05) is 20.3 Å². The quantitative estimate of drug-likeness (QED) is 0.694. The van der Waals surface area contributed by atoms with Crippen molar-refractivity contribution in [3.63, 3.8) is 0 Å². The van der Waals surface area contributed by atoms with E-state index in [0.717, 1.165) is 23.8 Å². The minimum atomic E-state index is 0.703. The SMILES string of the molecule is CN(C)C(CCP)C12CC3CC(CC(C3)C1)C2.